The fourth-order valence-electron chi connectivity index (χ4n) is 1.04. The number of urea groups is 1. The van der Waals surface area contributed by atoms with Crippen molar-refractivity contribution in [1.29, 1.82) is 0 Å². The van der Waals surface area contributed by atoms with Gasteiger partial charge in [0.15, 0.2) is 0 Å². The van der Waals surface area contributed by atoms with E-state index in [1.165, 1.54) is 4.90 Å². The lowest BCUT2D eigenvalue weighted by Gasteiger charge is -2.25. The van der Waals surface area contributed by atoms with Crippen molar-refractivity contribution in [3.63, 3.8) is 0 Å². The summed E-state index contributed by atoms with van der Waals surface area (Å²) in [6.45, 7) is 2.58. The summed E-state index contributed by atoms with van der Waals surface area (Å²) in [7, 11) is 1.68. The zero-order valence-corrected chi connectivity index (χ0v) is 10.2. The molecule has 0 saturated heterocycles. The standard InChI is InChI=1S/C9H18N2O3S/c1-4-11(7-8(12)13)9(14)10(2)5-6-15-3/h4-7H2,1-3H3,(H,12,13). The minimum atomic E-state index is -0.983. The second-order valence-corrected chi connectivity index (χ2v) is 4.09. The van der Waals surface area contributed by atoms with Gasteiger partial charge in [-0.25, -0.2) is 4.79 Å². The molecule has 0 heterocycles. The van der Waals surface area contributed by atoms with Gasteiger partial charge in [-0.3, -0.25) is 4.79 Å². The second kappa shape index (κ2) is 7.39. The Hall–Kier alpha value is -0.910. The fraction of sp³-hybridized carbons (Fsp3) is 0.778. The molecule has 15 heavy (non-hydrogen) atoms. The van der Waals surface area contributed by atoms with E-state index < -0.39 is 5.97 Å². The van der Waals surface area contributed by atoms with Gasteiger partial charge in [0.25, 0.3) is 0 Å². The molecule has 0 spiro atoms. The van der Waals surface area contributed by atoms with Gasteiger partial charge in [-0.2, -0.15) is 11.8 Å². The zero-order valence-electron chi connectivity index (χ0n) is 9.39. The van der Waals surface area contributed by atoms with Crippen LogP contribution in [0.15, 0.2) is 0 Å². The number of thioether (sulfide) groups is 1. The van der Waals surface area contributed by atoms with Gasteiger partial charge in [0, 0.05) is 25.9 Å². The van der Waals surface area contributed by atoms with E-state index >= 15 is 0 Å². The van der Waals surface area contributed by atoms with Crippen LogP contribution in [0.25, 0.3) is 0 Å². The third-order valence-electron chi connectivity index (χ3n) is 1.94. The number of nitrogens with zero attached hydrogens (tertiary/aromatic N) is 2. The van der Waals surface area contributed by atoms with Crippen molar-refractivity contribution in [3.8, 4) is 0 Å². The monoisotopic (exact) mass is 234 g/mol. The molecule has 0 aliphatic carbocycles. The van der Waals surface area contributed by atoms with Crippen molar-refractivity contribution >= 4 is 23.8 Å². The largest absolute Gasteiger partial charge is 0.480 e. The molecule has 0 aromatic rings. The maximum atomic E-state index is 11.7. The summed E-state index contributed by atoms with van der Waals surface area (Å²) >= 11 is 1.65. The van der Waals surface area contributed by atoms with Crippen molar-refractivity contribution in [1.82, 2.24) is 9.80 Å². The van der Waals surface area contributed by atoms with Crippen molar-refractivity contribution in [2.24, 2.45) is 0 Å². The van der Waals surface area contributed by atoms with Crippen LogP contribution in [0.1, 0.15) is 6.92 Å². The number of hydrogen-bond donors (Lipinski definition) is 1. The minimum absolute atomic E-state index is 0.228. The van der Waals surface area contributed by atoms with Gasteiger partial charge in [-0.05, 0) is 13.2 Å². The molecule has 0 aliphatic rings. The first-order valence-electron chi connectivity index (χ1n) is 4.73. The number of hydrogen-bond acceptors (Lipinski definition) is 3. The fourth-order valence-corrected chi connectivity index (χ4v) is 1.50. The van der Waals surface area contributed by atoms with E-state index in [0.717, 1.165) is 5.75 Å². The number of carbonyl (C=O) groups is 2. The molecule has 0 aromatic heterocycles. The summed E-state index contributed by atoms with van der Waals surface area (Å²) in [5.41, 5.74) is 0. The van der Waals surface area contributed by atoms with Crippen molar-refractivity contribution in [2.45, 2.75) is 6.92 Å². The van der Waals surface area contributed by atoms with Gasteiger partial charge < -0.3 is 14.9 Å². The molecule has 0 bridgehead atoms. The molecule has 6 heteroatoms. The Balaban J connectivity index is 4.17. The summed E-state index contributed by atoms with van der Waals surface area (Å²) in [6, 6.07) is -0.228. The molecule has 0 atom stereocenters. The van der Waals surface area contributed by atoms with Crippen LogP contribution < -0.4 is 0 Å². The van der Waals surface area contributed by atoms with E-state index in [4.69, 9.17) is 5.11 Å². The Bertz CT molecular complexity index is 223. The maximum absolute atomic E-state index is 11.7. The lowest BCUT2D eigenvalue weighted by molar-refractivity contribution is -0.137. The molecular weight excluding hydrogens is 216 g/mol. The predicted octanol–water partition coefficient (Wildman–Crippen LogP) is 0.808. The topological polar surface area (TPSA) is 60.9 Å². The second-order valence-electron chi connectivity index (χ2n) is 3.10. The number of likely N-dealkylation sites (N-methyl/N-ethyl adjacent to an activating group) is 1. The minimum Gasteiger partial charge on any atom is -0.480 e. The van der Waals surface area contributed by atoms with Crippen LogP contribution in [0, 0.1) is 0 Å². The number of carboxylic acid groups (broad SMARTS) is 1. The Morgan fingerprint density at radius 2 is 2.00 bits per heavy atom. The van der Waals surface area contributed by atoms with E-state index in [2.05, 4.69) is 0 Å². The Morgan fingerprint density at radius 1 is 1.40 bits per heavy atom. The van der Waals surface area contributed by atoms with Gasteiger partial charge in [0.05, 0.1) is 0 Å². The molecule has 1 N–H and O–H groups in total. The molecule has 0 unspecified atom stereocenters. The molecule has 0 aromatic carbocycles. The van der Waals surface area contributed by atoms with Gasteiger partial charge in [-0.1, -0.05) is 0 Å². The highest BCUT2D eigenvalue weighted by Crippen LogP contribution is 1.99. The molecule has 0 rings (SSSR count). The summed E-state index contributed by atoms with van der Waals surface area (Å²) in [6.07, 6.45) is 1.97. The normalized spacial score (nSPS) is 9.80. The maximum Gasteiger partial charge on any atom is 0.323 e. The first kappa shape index (κ1) is 14.1. The Kier molecular flexibility index (Phi) is 6.94. The van der Waals surface area contributed by atoms with E-state index in [0.29, 0.717) is 13.1 Å². The van der Waals surface area contributed by atoms with Crippen LogP contribution in [-0.4, -0.2) is 65.6 Å². The average molecular weight is 234 g/mol. The first-order chi connectivity index (χ1) is 7.02. The van der Waals surface area contributed by atoms with Crippen LogP contribution in [0.3, 0.4) is 0 Å². The average Bonchev–Trinajstić information content (AvgIpc) is 2.21. The van der Waals surface area contributed by atoms with Crippen molar-refractivity contribution in [3.05, 3.63) is 0 Å². The third-order valence-corrected chi connectivity index (χ3v) is 2.53. The van der Waals surface area contributed by atoms with Crippen LogP contribution in [0.5, 0.6) is 0 Å². The third kappa shape index (κ3) is 5.51. The predicted molar refractivity (Wildman–Crippen MR) is 61.3 cm³/mol. The first-order valence-corrected chi connectivity index (χ1v) is 6.13. The van der Waals surface area contributed by atoms with E-state index in [9.17, 15) is 9.59 Å². The molecule has 0 fully saturated rings. The summed E-state index contributed by atoms with van der Waals surface area (Å²) in [5, 5.41) is 8.61. The van der Waals surface area contributed by atoms with Crippen LogP contribution in [0.2, 0.25) is 0 Å². The van der Waals surface area contributed by atoms with E-state index in [-0.39, 0.29) is 12.6 Å². The van der Waals surface area contributed by atoms with Crippen LogP contribution in [-0.2, 0) is 4.79 Å². The summed E-state index contributed by atoms with van der Waals surface area (Å²) in [4.78, 5) is 25.0. The zero-order chi connectivity index (χ0) is 11.8. The van der Waals surface area contributed by atoms with Gasteiger partial charge in [-0.15, -0.1) is 0 Å². The summed E-state index contributed by atoms with van der Waals surface area (Å²) < 4.78 is 0. The molecule has 0 radical (unpaired) electrons. The number of carboxylic acids is 1. The van der Waals surface area contributed by atoms with E-state index in [1.54, 1.807) is 30.6 Å². The number of aliphatic carboxylic acids is 1. The number of carbonyl (C=O) groups excluding carboxylic acids is 1. The lowest BCUT2D eigenvalue weighted by Crippen LogP contribution is -2.44. The Morgan fingerprint density at radius 3 is 2.40 bits per heavy atom. The van der Waals surface area contributed by atoms with Gasteiger partial charge in [0.1, 0.15) is 6.54 Å². The van der Waals surface area contributed by atoms with Gasteiger partial charge in [0.2, 0.25) is 0 Å². The molecule has 2 amide bonds. The van der Waals surface area contributed by atoms with Crippen molar-refractivity contribution in [2.75, 3.05) is 38.7 Å². The van der Waals surface area contributed by atoms with Crippen LogP contribution >= 0.6 is 11.8 Å². The quantitative estimate of drug-likeness (QED) is 0.738. The van der Waals surface area contributed by atoms with Gasteiger partial charge >= 0.3 is 12.0 Å². The SMILES string of the molecule is CCN(CC(=O)O)C(=O)N(C)CCSC. The molecule has 0 aliphatic heterocycles. The summed E-state index contributed by atoms with van der Waals surface area (Å²) in [5.74, 6) is -0.129. The molecule has 0 saturated carbocycles. The smallest absolute Gasteiger partial charge is 0.323 e. The number of rotatable bonds is 6. The highest BCUT2D eigenvalue weighted by Gasteiger charge is 2.18. The highest BCUT2D eigenvalue weighted by molar-refractivity contribution is 7.98. The van der Waals surface area contributed by atoms with Crippen molar-refractivity contribution < 1.29 is 14.7 Å². The lowest BCUT2D eigenvalue weighted by atomic mass is 10.5. The molecule has 88 valence electrons. The Labute approximate surface area is 94.4 Å². The highest BCUT2D eigenvalue weighted by atomic mass is 32.2. The molecule has 5 nitrogen and oxygen atoms in total. The molecular formula is C9H18N2O3S. The number of amides is 2. The van der Waals surface area contributed by atoms with Crippen LogP contribution in [0.4, 0.5) is 4.79 Å². The van der Waals surface area contributed by atoms with E-state index in [1.807, 2.05) is 6.26 Å².